The van der Waals surface area contributed by atoms with Crippen molar-refractivity contribution in [2.24, 2.45) is 11.7 Å². The minimum Gasteiger partial charge on any atom is -0.328 e. The highest BCUT2D eigenvalue weighted by Crippen LogP contribution is 2.31. The Kier molecular flexibility index (Phi) is 6.15. The summed E-state index contributed by atoms with van der Waals surface area (Å²) in [6, 6.07) is 2.17. The van der Waals surface area contributed by atoms with Crippen molar-refractivity contribution in [3.63, 3.8) is 0 Å². The molecule has 0 aromatic carbocycles. The standard InChI is InChI=1S/C17H34N2/c1-3-14-6-5-7-16(11-8-14)19(4-2)17-12-9-15(18)10-13-17/h14-17H,3-13,18H2,1-2H3. The van der Waals surface area contributed by atoms with Gasteiger partial charge in [0.05, 0.1) is 0 Å². The SMILES string of the molecule is CCC1CCCC(N(CC)C2CCC(N)CC2)CC1. The average Bonchev–Trinajstić information content (AvgIpc) is 2.67. The minimum absolute atomic E-state index is 0.480. The van der Waals surface area contributed by atoms with Crippen LogP contribution in [0.25, 0.3) is 0 Å². The first-order valence-corrected chi connectivity index (χ1v) is 8.75. The van der Waals surface area contributed by atoms with E-state index in [9.17, 15) is 0 Å². The topological polar surface area (TPSA) is 29.3 Å². The smallest absolute Gasteiger partial charge is 0.00992 e. The van der Waals surface area contributed by atoms with Gasteiger partial charge in [-0.05, 0) is 57.4 Å². The Balaban J connectivity index is 1.89. The molecule has 2 nitrogen and oxygen atoms in total. The molecule has 0 aliphatic heterocycles. The molecule has 0 saturated heterocycles. The molecule has 2 aliphatic carbocycles. The lowest BCUT2D eigenvalue weighted by atomic mass is 9.89. The first kappa shape index (κ1) is 15.3. The van der Waals surface area contributed by atoms with Crippen LogP contribution in [0.2, 0.25) is 0 Å². The highest BCUT2D eigenvalue weighted by atomic mass is 15.2. The van der Waals surface area contributed by atoms with Gasteiger partial charge in [-0.2, -0.15) is 0 Å². The summed E-state index contributed by atoms with van der Waals surface area (Å²) in [5, 5.41) is 0. The number of nitrogens with two attached hydrogens (primary N) is 1. The van der Waals surface area contributed by atoms with E-state index in [2.05, 4.69) is 18.7 Å². The van der Waals surface area contributed by atoms with Crippen molar-refractivity contribution in [2.45, 2.75) is 96.2 Å². The van der Waals surface area contributed by atoms with E-state index in [4.69, 9.17) is 5.73 Å². The van der Waals surface area contributed by atoms with E-state index in [-0.39, 0.29) is 0 Å². The second-order valence-electron chi connectivity index (χ2n) is 6.84. The zero-order valence-electron chi connectivity index (χ0n) is 13.1. The largest absolute Gasteiger partial charge is 0.328 e. The van der Waals surface area contributed by atoms with Crippen LogP contribution in [0.3, 0.4) is 0 Å². The van der Waals surface area contributed by atoms with Crippen LogP contribution in [0.4, 0.5) is 0 Å². The van der Waals surface area contributed by atoms with Crippen molar-refractivity contribution in [1.29, 1.82) is 0 Å². The van der Waals surface area contributed by atoms with E-state index >= 15 is 0 Å². The normalized spacial score (nSPS) is 37.3. The fraction of sp³-hybridized carbons (Fsp3) is 1.00. The molecule has 2 heteroatoms. The molecule has 19 heavy (non-hydrogen) atoms. The van der Waals surface area contributed by atoms with Crippen molar-refractivity contribution < 1.29 is 0 Å². The van der Waals surface area contributed by atoms with Crippen LogP contribution in [0.15, 0.2) is 0 Å². The third-order valence-corrected chi connectivity index (χ3v) is 5.68. The van der Waals surface area contributed by atoms with Gasteiger partial charge in [0, 0.05) is 18.1 Å². The van der Waals surface area contributed by atoms with E-state index in [0.717, 1.165) is 18.0 Å². The molecule has 2 rings (SSSR count). The Morgan fingerprint density at radius 3 is 2.11 bits per heavy atom. The summed E-state index contributed by atoms with van der Waals surface area (Å²) in [6.07, 6.45) is 13.8. The summed E-state index contributed by atoms with van der Waals surface area (Å²) in [5.41, 5.74) is 6.06. The van der Waals surface area contributed by atoms with E-state index in [0.29, 0.717) is 6.04 Å². The Morgan fingerprint density at radius 1 is 0.842 bits per heavy atom. The van der Waals surface area contributed by atoms with Crippen LogP contribution in [0.5, 0.6) is 0 Å². The molecule has 0 heterocycles. The molecule has 0 aromatic heterocycles. The fourth-order valence-electron chi connectivity index (χ4n) is 4.35. The van der Waals surface area contributed by atoms with E-state index in [1.165, 1.54) is 70.8 Å². The maximum Gasteiger partial charge on any atom is 0.00992 e. The molecule has 0 amide bonds. The van der Waals surface area contributed by atoms with Gasteiger partial charge < -0.3 is 5.73 Å². The second-order valence-corrected chi connectivity index (χ2v) is 6.84. The molecule has 112 valence electrons. The van der Waals surface area contributed by atoms with Crippen LogP contribution in [0.1, 0.15) is 78.1 Å². The van der Waals surface area contributed by atoms with Crippen molar-refractivity contribution in [3.05, 3.63) is 0 Å². The molecule has 0 bridgehead atoms. The molecule has 2 saturated carbocycles. The first-order chi connectivity index (χ1) is 9.24. The molecule has 2 N–H and O–H groups in total. The molecule has 0 aromatic rings. The Bertz CT molecular complexity index is 246. The quantitative estimate of drug-likeness (QED) is 0.781. The van der Waals surface area contributed by atoms with E-state index in [1.807, 2.05) is 0 Å². The average molecular weight is 266 g/mol. The number of hydrogen-bond acceptors (Lipinski definition) is 2. The lowest BCUT2D eigenvalue weighted by Gasteiger charge is -2.40. The first-order valence-electron chi connectivity index (χ1n) is 8.75. The molecule has 0 spiro atoms. The minimum atomic E-state index is 0.480. The molecule has 2 atom stereocenters. The molecule has 2 fully saturated rings. The van der Waals surface area contributed by atoms with Gasteiger partial charge in [-0.25, -0.2) is 0 Å². The van der Waals surface area contributed by atoms with Gasteiger partial charge in [-0.1, -0.05) is 33.1 Å². The van der Waals surface area contributed by atoms with Crippen LogP contribution in [-0.2, 0) is 0 Å². The summed E-state index contributed by atoms with van der Waals surface area (Å²) in [5.74, 6) is 1.00. The number of hydrogen-bond donors (Lipinski definition) is 1. The summed E-state index contributed by atoms with van der Waals surface area (Å²) in [6.45, 7) is 5.96. The summed E-state index contributed by atoms with van der Waals surface area (Å²) < 4.78 is 0. The molecular formula is C17H34N2. The summed E-state index contributed by atoms with van der Waals surface area (Å²) >= 11 is 0. The van der Waals surface area contributed by atoms with Crippen LogP contribution < -0.4 is 5.73 Å². The van der Waals surface area contributed by atoms with Crippen LogP contribution >= 0.6 is 0 Å². The number of rotatable bonds is 4. The van der Waals surface area contributed by atoms with Crippen LogP contribution in [-0.4, -0.2) is 29.6 Å². The van der Waals surface area contributed by atoms with Crippen molar-refractivity contribution >= 4 is 0 Å². The molecule has 0 radical (unpaired) electrons. The van der Waals surface area contributed by atoms with Gasteiger partial charge in [0.1, 0.15) is 0 Å². The predicted octanol–water partition coefficient (Wildman–Crippen LogP) is 3.94. The fourth-order valence-corrected chi connectivity index (χ4v) is 4.35. The number of nitrogens with zero attached hydrogens (tertiary/aromatic N) is 1. The molecule has 2 unspecified atom stereocenters. The lowest BCUT2D eigenvalue weighted by molar-refractivity contribution is 0.0957. The van der Waals surface area contributed by atoms with Crippen molar-refractivity contribution in [3.8, 4) is 0 Å². The van der Waals surface area contributed by atoms with Crippen LogP contribution in [0, 0.1) is 5.92 Å². The monoisotopic (exact) mass is 266 g/mol. The maximum absolute atomic E-state index is 6.06. The third-order valence-electron chi connectivity index (χ3n) is 5.68. The van der Waals surface area contributed by atoms with Gasteiger partial charge in [-0.15, -0.1) is 0 Å². The lowest BCUT2D eigenvalue weighted by Crippen LogP contribution is -2.46. The van der Waals surface area contributed by atoms with E-state index < -0.39 is 0 Å². The van der Waals surface area contributed by atoms with Gasteiger partial charge in [-0.3, -0.25) is 4.90 Å². The van der Waals surface area contributed by atoms with Gasteiger partial charge in [0.2, 0.25) is 0 Å². The van der Waals surface area contributed by atoms with Crippen molar-refractivity contribution in [1.82, 2.24) is 4.90 Å². The van der Waals surface area contributed by atoms with Gasteiger partial charge in [0.25, 0.3) is 0 Å². The van der Waals surface area contributed by atoms with E-state index in [1.54, 1.807) is 0 Å². The Labute approximate surface area is 120 Å². The van der Waals surface area contributed by atoms with Gasteiger partial charge in [0.15, 0.2) is 0 Å². The zero-order chi connectivity index (χ0) is 13.7. The summed E-state index contributed by atoms with van der Waals surface area (Å²) in [7, 11) is 0. The maximum atomic E-state index is 6.06. The Morgan fingerprint density at radius 2 is 1.47 bits per heavy atom. The molecular weight excluding hydrogens is 232 g/mol. The predicted molar refractivity (Wildman–Crippen MR) is 83.3 cm³/mol. The second kappa shape index (κ2) is 7.64. The summed E-state index contributed by atoms with van der Waals surface area (Å²) in [4.78, 5) is 2.84. The van der Waals surface area contributed by atoms with Gasteiger partial charge >= 0.3 is 0 Å². The highest BCUT2D eigenvalue weighted by molar-refractivity contribution is 4.86. The third kappa shape index (κ3) is 4.19. The molecule has 2 aliphatic rings. The Hall–Kier alpha value is -0.0800. The highest BCUT2D eigenvalue weighted by Gasteiger charge is 2.29. The van der Waals surface area contributed by atoms with Crippen molar-refractivity contribution in [2.75, 3.05) is 6.54 Å². The zero-order valence-corrected chi connectivity index (χ0v) is 13.1.